The van der Waals surface area contributed by atoms with Crippen LogP contribution in [0.1, 0.15) is 25.7 Å². The molecule has 2 aliphatic carbocycles. The second-order valence-corrected chi connectivity index (χ2v) is 7.97. The monoisotopic (exact) mass is 354 g/mol. The third-order valence-electron chi connectivity index (χ3n) is 2.56. The fourth-order valence-electron chi connectivity index (χ4n) is 1.69. The molecule has 0 spiro atoms. The maximum atomic E-state index is 4.94. The van der Waals surface area contributed by atoms with Crippen LogP contribution in [0.25, 0.3) is 0 Å². The summed E-state index contributed by atoms with van der Waals surface area (Å²) in [5.41, 5.74) is 0. The van der Waals surface area contributed by atoms with E-state index in [-0.39, 0.29) is 36.3 Å². The number of allylic oxidation sites excluding steroid dienone is 8. The SMILES string of the molecule is C1=CC[C]([Sm][C]2=CC=CC2)=C1.C1CCOC1. The molecule has 86 valence electrons. The molecule has 0 amide bonds. The summed E-state index contributed by atoms with van der Waals surface area (Å²) in [6.07, 6.45) is 18.6. The van der Waals surface area contributed by atoms with E-state index in [9.17, 15) is 0 Å². The van der Waals surface area contributed by atoms with Gasteiger partial charge in [0.15, 0.2) is 0 Å². The van der Waals surface area contributed by atoms with Gasteiger partial charge in [0.2, 0.25) is 0 Å². The molecule has 2 heteroatoms. The first-order chi connectivity index (χ1) is 7.95. The molecule has 0 unspecified atom stereocenters. The maximum Gasteiger partial charge on any atom is 0.0466 e. The van der Waals surface area contributed by atoms with Crippen LogP contribution in [0.5, 0.6) is 0 Å². The van der Waals surface area contributed by atoms with Gasteiger partial charge in [-0.25, -0.2) is 0 Å². The minimum absolute atomic E-state index is 0.282. The molecule has 0 N–H and O–H groups in total. The molecule has 1 nitrogen and oxygen atoms in total. The van der Waals surface area contributed by atoms with Gasteiger partial charge in [0.25, 0.3) is 0 Å². The fraction of sp³-hybridized carbons (Fsp3) is 0.429. The zero-order chi connectivity index (χ0) is 11.1. The van der Waals surface area contributed by atoms with Gasteiger partial charge in [-0.05, 0) is 12.8 Å². The van der Waals surface area contributed by atoms with Crippen molar-refractivity contribution in [1.29, 1.82) is 0 Å². The van der Waals surface area contributed by atoms with Crippen LogP contribution in [-0.2, 0) is 4.74 Å². The summed E-state index contributed by atoms with van der Waals surface area (Å²) in [6, 6.07) is 0. The zero-order valence-electron chi connectivity index (χ0n) is 9.52. The third-order valence-corrected chi connectivity index (χ3v) is 6.19. The van der Waals surface area contributed by atoms with Crippen molar-refractivity contribution >= 4 is 0 Å². The number of hydrogen-bond acceptors (Lipinski definition) is 1. The van der Waals surface area contributed by atoms with Gasteiger partial charge in [0, 0.05) is 13.2 Å². The molecule has 3 rings (SSSR count). The standard InChI is InChI=1S/2C5H5.C4H8O.Sm/c3*1-2-4-5-3-1;/h2*1-3H,4H2;1-4H2;. The summed E-state index contributed by atoms with van der Waals surface area (Å²) >= 11 is -0.282. The van der Waals surface area contributed by atoms with Gasteiger partial charge < -0.3 is 4.74 Å². The predicted molar refractivity (Wildman–Crippen MR) is 63.7 cm³/mol. The van der Waals surface area contributed by atoms with Crippen molar-refractivity contribution in [1.82, 2.24) is 0 Å². The molecule has 3 aliphatic rings. The Kier molecular flexibility index (Phi) is 6.00. The molecule has 0 aromatic heterocycles. The van der Waals surface area contributed by atoms with Crippen molar-refractivity contribution in [2.24, 2.45) is 0 Å². The molecule has 16 heavy (non-hydrogen) atoms. The topological polar surface area (TPSA) is 9.23 Å². The molecular weight excluding hydrogens is 335 g/mol. The summed E-state index contributed by atoms with van der Waals surface area (Å²) in [4.78, 5) is 0. The molecule has 1 aliphatic heterocycles. The summed E-state index contributed by atoms with van der Waals surface area (Å²) in [6.45, 7) is 2.00. The first kappa shape index (κ1) is 12.7. The summed E-state index contributed by atoms with van der Waals surface area (Å²) in [5.74, 6) is 0. The van der Waals surface area contributed by atoms with E-state index in [1.807, 2.05) is 0 Å². The van der Waals surface area contributed by atoms with Gasteiger partial charge in [0.05, 0.1) is 0 Å². The van der Waals surface area contributed by atoms with Crippen molar-refractivity contribution in [3.63, 3.8) is 0 Å². The van der Waals surface area contributed by atoms with E-state index in [0.717, 1.165) is 13.2 Å². The molecule has 1 fully saturated rings. The van der Waals surface area contributed by atoms with Crippen LogP contribution in [0, 0.1) is 36.3 Å². The third kappa shape index (κ3) is 4.63. The maximum absolute atomic E-state index is 4.94. The molecule has 0 aromatic carbocycles. The van der Waals surface area contributed by atoms with E-state index >= 15 is 0 Å². The first-order valence-corrected chi connectivity index (χ1v) is 8.54. The van der Waals surface area contributed by atoms with Crippen molar-refractivity contribution in [2.45, 2.75) is 25.7 Å². The minimum Gasteiger partial charge on any atom is -0.381 e. The Morgan fingerprint density at radius 1 is 0.875 bits per heavy atom. The molecule has 0 aromatic rings. The van der Waals surface area contributed by atoms with Gasteiger partial charge in [-0.3, -0.25) is 0 Å². The Morgan fingerprint density at radius 3 is 1.75 bits per heavy atom. The molecule has 0 saturated carbocycles. The molecular formula is C14H18OSm. The quantitative estimate of drug-likeness (QED) is 0.738. The van der Waals surface area contributed by atoms with Gasteiger partial charge >= 0.3 is 88.2 Å². The van der Waals surface area contributed by atoms with Crippen LogP contribution in [-0.4, -0.2) is 13.2 Å². The van der Waals surface area contributed by atoms with Crippen molar-refractivity contribution in [3.8, 4) is 0 Å². The smallest absolute Gasteiger partial charge is 0.0466 e. The van der Waals surface area contributed by atoms with E-state index in [2.05, 4.69) is 36.5 Å². The van der Waals surface area contributed by atoms with E-state index in [4.69, 9.17) is 4.74 Å². The van der Waals surface area contributed by atoms with E-state index < -0.39 is 0 Å². The van der Waals surface area contributed by atoms with Crippen LogP contribution in [0.3, 0.4) is 0 Å². The molecule has 1 saturated heterocycles. The average molecular weight is 353 g/mol. The van der Waals surface area contributed by atoms with Gasteiger partial charge in [-0.1, -0.05) is 0 Å². The largest absolute Gasteiger partial charge is 0.381 e. The minimum atomic E-state index is -0.282. The van der Waals surface area contributed by atoms with E-state index in [1.54, 1.807) is 2.58 Å². The Hall–Kier alpha value is 0.258. The molecule has 0 radical (unpaired) electrons. The van der Waals surface area contributed by atoms with Crippen LogP contribution < -0.4 is 0 Å². The normalized spacial score (nSPS) is 21.8. The fourth-order valence-corrected chi connectivity index (χ4v) is 4.86. The first-order valence-electron chi connectivity index (χ1n) is 5.92. The van der Waals surface area contributed by atoms with Crippen LogP contribution in [0.2, 0.25) is 0 Å². The van der Waals surface area contributed by atoms with Crippen LogP contribution in [0.4, 0.5) is 0 Å². The summed E-state index contributed by atoms with van der Waals surface area (Å²) in [7, 11) is 0. The summed E-state index contributed by atoms with van der Waals surface area (Å²) < 4.78 is 8.39. The Morgan fingerprint density at radius 2 is 1.44 bits per heavy atom. The van der Waals surface area contributed by atoms with Crippen molar-refractivity contribution < 1.29 is 41.0 Å². The number of rotatable bonds is 2. The van der Waals surface area contributed by atoms with Crippen LogP contribution in [0.15, 0.2) is 39.0 Å². The van der Waals surface area contributed by atoms with Crippen molar-refractivity contribution in [3.05, 3.63) is 39.0 Å². The Balaban J connectivity index is 0.000000162. The number of hydrogen-bond donors (Lipinski definition) is 0. The van der Waals surface area contributed by atoms with Crippen LogP contribution >= 0.6 is 0 Å². The molecule has 0 atom stereocenters. The molecule has 0 bridgehead atoms. The van der Waals surface area contributed by atoms with Gasteiger partial charge in [-0.2, -0.15) is 0 Å². The zero-order valence-corrected chi connectivity index (χ0v) is 12.1. The summed E-state index contributed by atoms with van der Waals surface area (Å²) in [5, 5.41) is 0. The van der Waals surface area contributed by atoms with Crippen molar-refractivity contribution in [2.75, 3.05) is 13.2 Å². The van der Waals surface area contributed by atoms with E-state index in [1.165, 1.54) is 25.7 Å². The Bertz CT molecular complexity index is 297. The van der Waals surface area contributed by atoms with Gasteiger partial charge in [0.1, 0.15) is 0 Å². The second-order valence-electron chi connectivity index (χ2n) is 3.95. The Labute approximate surface area is 118 Å². The average Bonchev–Trinajstić information content (AvgIpc) is 3.05. The number of ether oxygens (including phenoxy) is 1. The van der Waals surface area contributed by atoms with Gasteiger partial charge in [-0.15, -0.1) is 0 Å². The second kappa shape index (κ2) is 7.56. The predicted octanol–water partition coefficient (Wildman–Crippen LogP) is 3.56. The molecule has 1 heterocycles. The van der Waals surface area contributed by atoms with E-state index in [0.29, 0.717) is 0 Å².